The quantitative estimate of drug-likeness (QED) is 0.564. The van der Waals surface area contributed by atoms with Crippen molar-refractivity contribution < 1.29 is 23.4 Å². The van der Waals surface area contributed by atoms with E-state index in [2.05, 4.69) is 4.74 Å². The van der Waals surface area contributed by atoms with Gasteiger partial charge in [0.15, 0.2) is 0 Å². The van der Waals surface area contributed by atoms with E-state index < -0.39 is 29.8 Å². The highest BCUT2D eigenvalue weighted by atomic mass is 19.3. The Balaban J connectivity index is 2.72. The summed E-state index contributed by atoms with van der Waals surface area (Å²) in [7, 11) is 0. The highest BCUT2D eigenvalue weighted by Gasteiger charge is 2.75. The normalized spacial score (nSPS) is 28.9. The van der Waals surface area contributed by atoms with Crippen LogP contribution in [0.15, 0.2) is 0 Å². The van der Waals surface area contributed by atoms with Crippen LogP contribution in [0, 0.1) is 5.92 Å². The molecule has 7 heteroatoms. The van der Waals surface area contributed by atoms with Crippen molar-refractivity contribution in [3.8, 4) is 0 Å². The maximum atomic E-state index is 13.5. The Hall–Kier alpha value is -0.790. The number of aliphatic hydroxyl groups is 1. The second-order valence-corrected chi connectivity index (χ2v) is 4.49. The van der Waals surface area contributed by atoms with Gasteiger partial charge in [-0.3, -0.25) is 5.73 Å². The highest BCUT2D eigenvalue weighted by molar-refractivity contribution is 5.93. The van der Waals surface area contributed by atoms with E-state index in [4.69, 9.17) is 11.5 Å². The molecule has 0 radical (unpaired) electrons. The molecular formula is C9H16F2N2O3. The van der Waals surface area contributed by atoms with Gasteiger partial charge in [-0.2, -0.15) is 8.78 Å². The van der Waals surface area contributed by atoms with E-state index in [0.717, 1.165) is 0 Å². The lowest BCUT2D eigenvalue weighted by atomic mass is 9.93. The van der Waals surface area contributed by atoms with Crippen LogP contribution in [0.5, 0.6) is 0 Å². The molecule has 16 heavy (non-hydrogen) atoms. The molecule has 0 spiro atoms. The summed E-state index contributed by atoms with van der Waals surface area (Å²) in [4.78, 5) is 10.6. The highest BCUT2D eigenvalue weighted by Crippen LogP contribution is 2.42. The predicted molar refractivity (Wildman–Crippen MR) is 51.4 cm³/mol. The number of alkyl halides is 2. The molecule has 5 N–H and O–H groups in total. The van der Waals surface area contributed by atoms with Gasteiger partial charge in [-0.05, 0) is 12.3 Å². The molecule has 1 aliphatic rings. The van der Waals surface area contributed by atoms with Gasteiger partial charge >= 0.3 is 17.6 Å². The minimum absolute atomic E-state index is 0.0463. The Labute approximate surface area is 91.7 Å². The Morgan fingerprint density at radius 2 is 2.00 bits per heavy atom. The van der Waals surface area contributed by atoms with E-state index in [1.807, 2.05) is 0 Å². The van der Waals surface area contributed by atoms with Gasteiger partial charge in [-0.15, -0.1) is 0 Å². The summed E-state index contributed by atoms with van der Waals surface area (Å²) >= 11 is 0. The zero-order chi connectivity index (χ0) is 12.7. The van der Waals surface area contributed by atoms with Gasteiger partial charge in [0.2, 0.25) is 0 Å². The summed E-state index contributed by atoms with van der Waals surface area (Å²) in [6, 6.07) is -1.16. The zero-order valence-electron chi connectivity index (χ0n) is 9.11. The van der Waals surface area contributed by atoms with Gasteiger partial charge in [0, 0.05) is 6.04 Å². The Morgan fingerprint density at radius 3 is 2.31 bits per heavy atom. The first kappa shape index (κ1) is 13.3. The smallest absolute Gasteiger partial charge is 0.375 e. The number of hydrogen-bond donors (Lipinski definition) is 3. The molecule has 0 aromatic heterocycles. The van der Waals surface area contributed by atoms with Crippen LogP contribution >= 0.6 is 0 Å². The molecular weight excluding hydrogens is 222 g/mol. The molecule has 0 aliphatic carbocycles. The lowest BCUT2D eigenvalue weighted by Gasteiger charge is -2.28. The summed E-state index contributed by atoms with van der Waals surface area (Å²) in [5.74, 6) is -5.06. The molecule has 0 aromatic carbocycles. The summed E-state index contributed by atoms with van der Waals surface area (Å²) in [6.45, 7) is 3.56. The standard InChI is InChI=1S/C9H16F2N2O3/c1-4(2)3-5(12)6(14)8(10,11)9(13)7(15)16-9/h4-6,14H,3,12-13H2,1-2H3. The number of halogens is 2. The van der Waals surface area contributed by atoms with E-state index in [1.165, 1.54) is 0 Å². The second kappa shape index (κ2) is 3.90. The maximum absolute atomic E-state index is 13.5. The van der Waals surface area contributed by atoms with Gasteiger partial charge in [0.1, 0.15) is 6.10 Å². The molecule has 1 saturated heterocycles. The van der Waals surface area contributed by atoms with Crippen LogP contribution < -0.4 is 11.5 Å². The third-order valence-electron chi connectivity index (χ3n) is 2.53. The number of hydrogen-bond acceptors (Lipinski definition) is 5. The van der Waals surface area contributed by atoms with Crippen molar-refractivity contribution in [1.82, 2.24) is 0 Å². The van der Waals surface area contributed by atoms with Crippen molar-refractivity contribution in [2.45, 2.75) is 44.1 Å². The Kier molecular flexibility index (Phi) is 3.24. The van der Waals surface area contributed by atoms with E-state index in [9.17, 15) is 18.7 Å². The Morgan fingerprint density at radius 1 is 1.56 bits per heavy atom. The largest absolute Gasteiger partial charge is 0.421 e. The van der Waals surface area contributed by atoms with Crippen LogP contribution in [0.1, 0.15) is 20.3 Å². The fourth-order valence-corrected chi connectivity index (χ4v) is 1.49. The van der Waals surface area contributed by atoms with Crippen LogP contribution in [-0.2, 0) is 9.53 Å². The van der Waals surface area contributed by atoms with Gasteiger partial charge in [0.05, 0.1) is 0 Å². The van der Waals surface area contributed by atoms with Gasteiger partial charge in [-0.25, -0.2) is 4.79 Å². The third kappa shape index (κ3) is 2.02. The van der Waals surface area contributed by atoms with Crippen LogP contribution in [0.25, 0.3) is 0 Å². The molecule has 0 bridgehead atoms. The first-order chi connectivity index (χ1) is 7.13. The molecule has 1 rings (SSSR count). The number of carbonyl (C=O) groups is 1. The number of epoxide rings is 1. The van der Waals surface area contributed by atoms with Crippen molar-refractivity contribution >= 4 is 5.97 Å². The zero-order valence-corrected chi connectivity index (χ0v) is 9.11. The monoisotopic (exact) mass is 238 g/mol. The summed E-state index contributed by atoms with van der Waals surface area (Å²) < 4.78 is 31.1. The molecule has 94 valence electrons. The number of cyclic esters (lactones) is 1. The molecule has 1 aliphatic heterocycles. The number of nitrogens with two attached hydrogens (primary N) is 2. The molecule has 3 unspecified atom stereocenters. The first-order valence-corrected chi connectivity index (χ1v) is 4.96. The molecule has 0 aromatic rings. The number of ether oxygens (including phenoxy) is 1. The van der Waals surface area contributed by atoms with Crippen molar-refractivity contribution in [3.05, 3.63) is 0 Å². The van der Waals surface area contributed by atoms with Gasteiger partial charge in [-0.1, -0.05) is 13.8 Å². The fraction of sp³-hybridized carbons (Fsp3) is 0.889. The van der Waals surface area contributed by atoms with Crippen LogP contribution in [-0.4, -0.2) is 34.9 Å². The van der Waals surface area contributed by atoms with Crippen molar-refractivity contribution in [2.24, 2.45) is 17.4 Å². The molecule has 1 heterocycles. The first-order valence-electron chi connectivity index (χ1n) is 4.96. The lowest BCUT2D eigenvalue weighted by Crippen LogP contribution is -2.59. The van der Waals surface area contributed by atoms with E-state index in [-0.39, 0.29) is 12.3 Å². The molecule has 3 atom stereocenters. The SMILES string of the molecule is CC(C)CC(N)C(O)C(F)(F)C1(N)OC1=O. The van der Waals surface area contributed by atoms with E-state index in [1.54, 1.807) is 13.8 Å². The number of carbonyl (C=O) groups excluding carboxylic acids is 1. The van der Waals surface area contributed by atoms with E-state index in [0.29, 0.717) is 0 Å². The molecule has 0 amide bonds. The lowest BCUT2D eigenvalue weighted by molar-refractivity contribution is -0.164. The van der Waals surface area contributed by atoms with Crippen molar-refractivity contribution in [3.63, 3.8) is 0 Å². The molecule has 1 fully saturated rings. The van der Waals surface area contributed by atoms with E-state index >= 15 is 0 Å². The maximum Gasteiger partial charge on any atom is 0.375 e. The summed E-state index contributed by atoms with van der Waals surface area (Å²) in [6.07, 6.45) is -2.01. The second-order valence-electron chi connectivity index (χ2n) is 4.49. The molecule has 0 saturated carbocycles. The third-order valence-corrected chi connectivity index (χ3v) is 2.53. The van der Waals surface area contributed by atoms with Gasteiger partial charge in [0.25, 0.3) is 0 Å². The average molecular weight is 238 g/mol. The van der Waals surface area contributed by atoms with Crippen LogP contribution in [0.3, 0.4) is 0 Å². The van der Waals surface area contributed by atoms with Crippen molar-refractivity contribution in [2.75, 3.05) is 0 Å². The summed E-state index contributed by atoms with van der Waals surface area (Å²) in [5.41, 5.74) is 7.71. The molecule has 5 nitrogen and oxygen atoms in total. The minimum Gasteiger partial charge on any atom is -0.421 e. The number of aliphatic hydroxyl groups excluding tert-OH is 1. The number of rotatable bonds is 5. The Bertz CT molecular complexity index is 298. The average Bonchev–Trinajstić information content (AvgIpc) is 2.74. The summed E-state index contributed by atoms with van der Waals surface area (Å²) in [5, 5.41) is 9.40. The minimum atomic E-state index is -3.88. The van der Waals surface area contributed by atoms with Crippen LogP contribution in [0.4, 0.5) is 8.78 Å². The van der Waals surface area contributed by atoms with Crippen LogP contribution in [0.2, 0.25) is 0 Å². The van der Waals surface area contributed by atoms with Crippen molar-refractivity contribution in [1.29, 1.82) is 0 Å². The van der Waals surface area contributed by atoms with Gasteiger partial charge < -0.3 is 15.6 Å². The topological polar surface area (TPSA) is 102 Å². The predicted octanol–water partition coefficient (Wildman–Crippen LogP) is -0.432. The fourth-order valence-electron chi connectivity index (χ4n) is 1.49.